The van der Waals surface area contributed by atoms with E-state index in [1.807, 2.05) is 13.8 Å². The van der Waals surface area contributed by atoms with E-state index in [4.69, 9.17) is 4.74 Å². The molecule has 0 aliphatic carbocycles. The van der Waals surface area contributed by atoms with Gasteiger partial charge in [0, 0.05) is 18.0 Å². The fourth-order valence-electron chi connectivity index (χ4n) is 1.97. The van der Waals surface area contributed by atoms with Gasteiger partial charge in [-0.25, -0.2) is 4.79 Å². The summed E-state index contributed by atoms with van der Waals surface area (Å²) in [6, 6.07) is 8.06. The predicted octanol–water partition coefficient (Wildman–Crippen LogP) is 3.15. The fraction of sp³-hybridized carbons (Fsp3) is 0.200. The van der Waals surface area contributed by atoms with E-state index in [-0.39, 0.29) is 5.97 Å². The Bertz CT molecular complexity index is 571. The first-order valence-corrected chi connectivity index (χ1v) is 5.72. The number of hydrogen-bond donors (Lipinski definition) is 0. The maximum Gasteiger partial charge on any atom is 0.339 e. The largest absolute Gasteiger partial charge is 0.465 e. The summed E-state index contributed by atoms with van der Waals surface area (Å²) in [5, 5.41) is 0. The van der Waals surface area contributed by atoms with Gasteiger partial charge in [0.05, 0.1) is 12.7 Å². The molecule has 2 aromatic rings. The lowest BCUT2D eigenvalue weighted by Crippen LogP contribution is -2.01. The molecule has 0 bridgehead atoms. The maximum atomic E-state index is 11.5. The van der Waals surface area contributed by atoms with Crippen molar-refractivity contribution in [1.82, 2.24) is 4.98 Å². The van der Waals surface area contributed by atoms with Crippen molar-refractivity contribution in [2.45, 2.75) is 13.8 Å². The normalized spacial score (nSPS) is 10.2. The minimum Gasteiger partial charge on any atom is -0.465 e. The summed E-state index contributed by atoms with van der Waals surface area (Å²) in [4.78, 5) is 15.6. The van der Waals surface area contributed by atoms with Gasteiger partial charge >= 0.3 is 5.97 Å². The van der Waals surface area contributed by atoms with Crippen LogP contribution in [0.3, 0.4) is 0 Å². The van der Waals surface area contributed by atoms with E-state index in [0.717, 1.165) is 11.1 Å². The summed E-state index contributed by atoms with van der Waals surface area (Å²) >= 11 is 0. The SMILES string of the molecule is COC(=O)c1cncc(-c2cc(C)cc(C)c2)c1. The zero-order chi connectivity index (χ0) is 13.1. The van der Waals surface area contributed by atoms with Crippen molar-refractivity contribution in [2.24, 2.45) is 0 Å². The van der Waals surface area contributed by atoms with Crippen molar-refractivity contribution in [3.8, 4) is 11.1 Å². The second-order valence-corrected chi connectivity index (χ2v) is 4.33. The summed E-state index contributed by atoms with van der Waals surface area (Å²) in [5.41, 5.74) is 4.83. The molecular weight excluding hydrogens is 226 g/mol. The number of esters is 1. The van der Waals surface area contributed by atoms with Gasteiger partial charge in [-0.2, -0.15) is 0 Å². The first kappa shape index (κ1) is 12.3. The molecule has 18 heavy (non-hydrogen) atoms. The predicted molar refractivity (Wildman–Crippen MR) is 70.5 cm³/mol. The molecule has 0 saturated carbocycles. The molecule has 0 spiro atoms. The molecule has 0 unspecified atom stereocenters. The highest BCUT2D eigenvalue weighted by Gasteiger charge is 2.08. The molecule has 0 N–H and O–H groups in total. The van der Waals surface area contributed by atoms with E-state index in [0.29, 0.717) is 5.56 Å². The van der Waals surface area contributed by atoms with Gasteiger partial charge in [0.25, 0.3) is 0 Å². The highest BCUT2D eigenvalue weighted by Crippen LogP contribution is 2.22. The molecule has 3 nitrogen and oxygen atoms in total. The Balaban J connectivity index is 2.47. The zero-order valence-electron chi connectivity index (χ0n) is 10.7. The van der Waals surface area contributed by atoms with Crippen molar-refractivity contribution in [3.05, 3.63) is 53.3 Å². The van der Waals surface area contributed by atoms with E-state index in [9.17, 15) is 4.79 Å². The van der Waals surface area contributed by atoms with E-state index in [1.165, 1.54) is 24.4 Å². The third kappa shape index (κ3) is 2.56. The van der Waals surface area contributed by atoms with Crippen molar-refractivity contribution in [1.29, 1.82) is 0 Å². The Morgan fingerprint density at radius 1 is 1.00 bits per heavy atom. The topological polar surface area (TPSA) is 39.2 Å². The average molecular weight is 241 g/mol. The number of aryl methyl sites for hydroxylation is 2. The number of aromatic nitrogens is 1. The van der Waals surface area contributed by atoms with Gasteiger partial charge in [0.2, 0.25) is 0 Å². The number of nitrogens with zero attached hydrogens (tertiary/aromatic N) is 1. The third-order valence-electron chi connectivity index (χ3n) is 2.71. The van der Waals surface area contributed by atoms with E-state index in [2.05, 4.69) is 23.2 Å². The Morgan fingerprint density at radius 2 is 1.67 bits per heavy atom. The molecule has 0 aliphatic rings. The van der Waals surface area contributed by atoms with Crippen LogP contribution >= 0.6 is 0 Å². The summed E-state index contributed by atoms with van der Waals surface area (Å²) < 4.78 is 4.70. The van der Waals surface area contributed by atoms with Crippen molar-refractivity contribution < 1.29 is 9.53 Å². The van der Waals surface area contributed by atoms with E-state index < -0.39 is 0 Å². The van der Waals surface area contributed by atoms with Crippen LogP contribution in [-0.2, 0) is 4.74 Å². The number of benzene rings is 1. The average Bonchev–Trinajstić information content (AvgIpc) is 2.37. The molecule has 0 amide bonds. The number of ether oxygens (including phenoxy) is 1. The quantitative estimate of drug-likeness (QED) is 0.758. The van der Waals surface area contributed by atoms with Gasteiger partial charge in [-0.05, 0) is 25.5 Å². The Labute approximate surface area is 106 Å². The summed E-state index contributed by atoms with van der Waals surface area (Å²) in [6.07, 6.45) is 3.26. The summed E-state index contributed by atoms with van der Waals surface area (Å²) in [7, 11) is 1.37. The molecule has 0 fully saturated rings. The van der Waals surface area contributed by atoms with Crippen LogP contribution in [-0.4, -0.2) is 18.1 Å². The van der Waals surface area contributed by atoms with Gasteiger partial charge in [0.15, 0.2) is 0 Å². The van der Waals surface area contributed by atoms with Crippen molar-refractivity contribution in [2.75, 3.05) is 7.11 Å². The monoisotopic (exact) mass is 241 g/mol. The minimum atomic E-state index is -0.367. The molecule has 1 aromatic carbocycles. The first-order valence-electron chi connectivity index (χ1n) is 5.72. The molecule has 3 heteroatoms. The smallest absolute Gasteiger partial charge is 0.339 e. The zero-order valence-corrected chi connectivity index (χ0v) is 10.7. The number of carbonyl (C=O) groups is 1. The van der Waals surface area contributed by atoms with E-state index in [1.54, 1.807) is 12.3 Å². The van der Waals surface area contributed by atoms with Crippen LogP contribution in [0.1, 0.15) is 21.5 Å². The third-order valence-corrected chi connectivity index (χ3v) is 2.71. The molecule has 0 radical (unpaired) electrons. The summed E-state index contributed by atoms with van der Waals surface area (Å²) in [5.74, 6) is -0.367. The van der Waals surface area contributed by atoms with Crippen LogP contribution in [0, 0.1) is 13.8 Å². The second kappa shape index (κ2) is 5.00. The van der Waals surface area contributed by atoms with Crippen LogP contribution in [0.15, 0.2) is 36.7 Å². The highest BCUT2D eigenvalue weighted by atomic mass is 16.5. The molecule has 0 atom stereocenters. The number of rotatable bonds is 2. The van der Waals surface area contributed by atoms with Crippen LogP contribution in [0.4, 0.5) is 0 Å². The lowest BCUT2D eigenvalue weighted by Gasteiger charge is -2.06. The van der Waals surface area contributed by atoms with Crippen LogP contribution < -0.4 is 0 Å². The van der Waals surface area contributed by atoms with Gasteiger partial charge in [0.1, 0.15) is 0 Å². The van der Waals surface area contributed by atoms with Gasteiger partial charge in [-0.1, -0.05) is 29.3 Å². The minimum absolute atomic E-state index is 0.367. The number of carbonyl (C=O) groups excluding carboxylic acids is 1. The molecule has 2 rings (SSSR count). The summed E-state index contributed by atoms with van der Waals surface area (Å²) in [6.45, 7) is 4.10. The van der Waals surface area contributed by atoms with Gasteiger partial charge in [-0.3, -0.25) is 4.98 Å². The molecule has 0 aliphatic heterocycles. The van der Waals surface area contributed by atoms with Gasteiger partial charge in [-0.15, -0.1) is 0 Å². The van der Waals surface area contributed by atoms with Crippen LogP contribution in [0.2, 0.25) is 0 Å². The van der Waals surface area contributed by atoms with Gasteiger partial charge < -0.3 is 4.74 Å². The van der Waals surface area contributed by atoms with Crippen LogP contribution in [0.5, 0.6) is 0 Å². The first-order chi connectivity index (χ1) is 8.60. The second-order valence-electron chi connectivity index (χ2n) is 4.33. The Kier molecular flexibility index (Phi) is 3.42. The Morgan fingerprint density at radius 3 is 2.28 bits per heavy atom. The number of hydrogen-bond acceptors (Lipinski definition) is 3. The molecule has 1 heterocycles. The van der Waals surface area contributed by atoms with Crippen LogP contribution in [0.25, 0.3) is 11.1 Å². The lowest BCUT2D eigenvalue weighted by atomic mass is 10.0. The maximum absolute atomic E-state index is 11.5. The number of pyridine rings is 1. The highest BCUT2D eigenvalue weighted by molar-refractivity contribution is 5.90. The molecular formula is C15H15NO2. The van der Waals surface area contributed by atoms with E-state index >= 15 is 0 Å². The fourth-order valence-corrected chi connectivity index (χ4v) is 1.97. The van der Waals surface area contributed by atoms with Crippen molar-refractivity contribution >= 4 is 5.97 Å². The lowest BCUT2D eigenvalue weighted by molar-refractivity contribution is 0.0600. The molecule has 1 aromatic heterocycles. The molecule has 0 saturated heterocycles. The Hall–Kier alpha value is -2.16. The molecule has 92 valence electrons. The number of methoxy groups -OCH3 is 1. The van der Waals surface area contributed by atoms with Crippen molar-refractivity contribution in [3.63, 3.8) is 0 Å². The standard InChI is InChI=1S/C15H15NO2/c1-10-4-11(2)6-12(5-10)13-7-14(9-16-8-13)15(17)18-3/h4-9H,1-3H3.